The smallest absolute Gasteiger partial charge is 0.240 e. The Hall–Kier alpha value is -1.95. The zero-order chi connectivity index (χ0) is 17.5. The summed E-state index contributed by atoms with van der Waals surface area (Å²) in [6.07, 6.45) is 1.77. The maximum atomic E-state index is 12.4. The Morgan fingerprint density at radius 1 is 1.33 bits per heavy atom. The first-order valence-electron chi connectivity index (χ1n) is 8.48. The third kappa shape index (κ3) is 4.77. The van der Waals surface area contributed by atoms with Gasteiger partial charge in [0.15, 0.2) is 4.77 Å². The zero-order valence-corrected chi connectivity index (χ0v) is 15.4. The van der Waals surface area contributed by atoms with Crippen molar-refractivity contribution in [2.75, 3.05) is 6.54 Å². The molecule has 1 heterocycles. The van der Waals surface area contributed by atoms with Crippen molar-refractivity contribution in [1.82, 2.24) is 20.1 Å². The molecule has 24 heavy (non-hydrogen) atoms. The van der Waals surface area contributed by atoms with Crippen LogP contribution in [0.2, 0.25) is 0 Å². The second kappa shape index (κ2) is 8.78. The minimum Gasteiger partial charge on any atom is -0.354 e. The number of carbonyl (C=O) groups excluding carboxylic acids is 1. The Bertz CT molecular complexity index is 705. The van der Waals surface area contributed by atoms with Crippen molar-refractivity contribution < 1.29 is 4.79 Å². The molecular weight excluding hydrogens is 320 g/mol. The largest absolute Gasteiger partial charge is 0.354 e. The van der Waals surface area contributed by atoms with E-state index < -0.39 is 0 Å². The molecule has 0 aliphatic heterocycles. The Morgan fingerprint density at radius 2 is 2.04 bits per heavy atom. The molecule has 0 saturated carbocycles. The number of aryl methyl sites for hydroxylation is 1. The fourth-order valence-electron chi connectivity index (χ4n) is 2.79. The van der Waals surface area contributed by atoms with E-state index in [4.69, 9.17) is 12.2 Å². The van der Waals surface area contributed by atoms with Gasteiger partial charge in [0, 0.05) is 18.9 Å². The van der Waals surface area contributed by atoms with E-state index in [2.05, 4.69) is 48.4 Å². The summed E-state index contributed by atoms with van der Waals surface area (Å²) in [7, 11) is 0. The van der Waals surface area contributed by atoms with Gasteiger partial charge in [-0.25, -0.2) is 0 Å². The first-order valence-corrected chi connectivity index (χ1v) is 8.89. The molecule has 130 valence electrons. The molecule has 6 heteroatoms. The van der Waals surface area contributed by atoms with Gasteiger partial charge in [0.25, 0.3) is 0 Å². The summed E-state index contributed by atoms with van der Waals surface area (Å²) in [4.78, 5) is 12.4. The van der Waals surface area contributed by atoms with Crippen LogP contribution in [0, 0.1) is 10.7 Å². The van der Waals surface area contributed by atoms with E-state index in [1.165, 1.54) is 5.56 Å². The molecule has 1 amide bonds. The molecule has 0 unspecified atom stereocenters. The van der Waals surface area contributed by atoms with Crippen LogP contribution in [0.4, 0.5) is 0 Å². The number of amides is 1. The fraction of sp³-hybridized carbons (Fsp3) is 0.500. The van der Waals surface area contributed by atoms with Crippen LogP contribution in [0.3, 0.4) is 0 Å². The molecule has 1 atom stereocenters. The van der Waals surface area contributed by atoms with Crippen LogP contribution < -0.4 is 5.32 Å². The molecule has 1 aromatic carbocycles. The number of nitrogens with zero attached hydrogens (tertiary/aromatic N) is 2. The molecular formula is C18H26N4OS. The van der Waals surface area contributed by atoms with Crippen molar-refractivity contribution in [2.45, 2.75) is 46.1 Å². The van der Waals surface area contributed by atoms with Crippen molar-refractivity contribution in [3.05, 3.63) is 46.5 Å². The summed E-state index contributed by atoms with van der Waals surface area (Å²) >= 11 is 5.22. The predicted molar refractivity (Wildman–Crippen MR) is 98.4 cm³/mol. The van der Waals surface area contributed by atoms with Crippen molar-refractivity contribution in [2.24, 2.45) is 5.92 Å². The molecule has 0 saturated heterocycles. The average molecular weight is 347 g/mol. The van der Waals surface area contributed by atoms with Gasteiger partial charge < -0.3 is 5.32 Å². The Labute approximate surface area is 148 Å². The second-order valence-corrected chi connectivity index (χ2v) is 6.73. The first-order chi connectivity index (χ1) is 11.5. The number of benzene rings is 1. The van der Waals surface area contributed by atoms with Crippen molar-refractivity contribution in [3.63, 3.8) is 0 Å². The maximum Gasteiger partial charge on any atom is 0.240 e. The SMILES string of the molecule is CCCc1n[nH]c(=S)n1CC(=O)NC[C@H](c1ccccc1)C(C)C. The van der Waals surface area contributed by atoms with Crippen LogP contribution in [0.15, 0.2) is 30.3 Å². The maximum absolute atomic E-state index is 12.4. The van der Waals surface area contributed by atoms with Gasteiger partial charge in [0.1, 0.15) is 12.4 Å². The van der Waals surface area contributed by atoms with E-state index in [0.717, 1.165) is 18.7 Å². The zero-order valence-electron chi connectivity index (χ0n) is 14.6. The molecule has 2 aromatic rings. The van der Waals surface area contributed by atoms with E-state index >= 15 is 0 Å². The van der Waals surface area contributed by atoms with Gasteiger partial charge in [-0.15, -0.1) is 0 Å². The second-order valence-electron chi connectivity index (χ2n) is 6.35. The summed E-state index contributed by atoms with van der Waals surface area (Å²) in [5.41, 5.74) is 1.25. The van der Waals surface area contributed by atoms with Gasteiger partial charge in [0.05, 0.1) is 0 Å². The number of H-pyrrole nitrogens is 1. The van der Waals surface area contributed by atoms with Crippen LogP contribution in [0.5, 0.6) is 0 Å². The van der Waals surface area contributed by atoms with Crippen molar-refractivity contribution in [1.29, 1.82) is 0 Å². The number of hydrogen-bond acceptors (Lipinski definition) is 3. The van der Waals surface area contributed by atoms with Crippen molar-refractivity contribution >= 4 is 18.1 Å². The molecule has 0 fully saturated rings. The first kappa shape index (κ1) is 18.4. The Kier molecular flexibility index (Phi) is 6.73. The fourth-order valence-corrected chi connectivity index (χ4v) is 3.01. The van der Waals surface area contributed by atoms with Gasteiger partial charge in [-0.2, -0.15) is 5.10 Å². The van der Waals surface area contributed by atoms with E-state index in [0.29, 0.717) is 23.2 Å². The van der Waals surface area contributed by atoms with Crippen LogP contribution in [-0.2, 0) is 17.8 Å². The molecule has 0 aliphatic carbocycles. The van der Waals surface area contributed by atoms with E-state index in [1.807, 2.05) is 18.2 Å². The summed E-state index contributed by atoms with van der Waals surface area (Å²) in [6, 6.07) is 10.3. The van der Waals surface area contributed by atoms with Crippen LogP contribution in [0.25, 0.3) is 0 Å². The highest BCUT2D eigenvalue weighted by molar-refractivity contribution is 7.71. The minimum atomic E-state index is -0.0357. The van der Waals surface area contributed by atoms with E-state index in [-0.39, 0.29) is 12.5 Å². The van der Waals surface area contributed by atoms with Gasteiger partial charge in [-0.3, -0.25) is 14.5 Å². The monoisotopic (exact) mass is 346 g/mol. The number of carbonyl (C=O) groups is 1. The lowest BCUT2D eigenvalue weighted by molar-refractivity contribution is -0.121. The van der Waals surface area contributed by atoms with Gasteiger partial charge in [0.2, 0.25) is 5.91 Å². The molecule has 0 spiro atoms. The molecule has 5 nitrogen and oxygen atoms in total. The number of nitrogens with one attached hydrogen (secondary N) is 2. The average Bonchev–Trinajstić information content (AvgIpc) is 2.89. The summed E-state index contributed by atoms with van der Waals surface area (Å²) in [5, 5.41) is 10.0. The third-order valence-corrected chi connectivity index (χ3v) is 4.48. The molecule has 0 radical (unpaired) electrons. The third-order valence-electron chi connectivity index (χ3n) is 4.16. The molecule has 0 bridgehead atoms. The number of rotatable bonds is 8. The van der Waals surface area contributed by atoms with Crippen molar-refractivity contribution in [3.8, 4) is 0 Å². The quantitative estimate of drug-likeness (QED) is 0.720. The lowest BCUT2D eigenvalue weighted by atomic mass is 9.88. The lowest BCUT2D eigenvalue weighted by Crippen LogP contribution is -2.33. The summed E-state index contributed by atoms with van der Waals surface area (Å²) < 4.78 is 2.28. The minimum absolute atomic E-state index is 0.0357. The topological polar surface area (TPSA) is 62.7 Å². The highest BCUT2D eigenvalue weighted by Gasteiger charge is 2.17. The Morgan fingerprint density at radius 3 is 2.67 bits per heavy atom. The predicted octanol–water partition coefficient (Wildman–Crippen LogP) is 3.45. The van der Waals surface area contributed by atoms with Crippen LogP contribution >= 0.6 is 12.2 Å². The molecule has 1 aromatic heterocycles. The highest BCUT2D eigenvalue weighted by atomic mass is 32.1. The van der Waals surface area contributed by atoms with E-state index in [1.54, 1.807) is 4.57 Å². The van der Waals surface area contributed by atoms with Gasteiger partial charge in [-0.1, -0.05) is 51.1 Å². The molecule has 2 N–H and O–H groups in total. The summed E-state index contributed by atoms with van der Waals surface area (Å²) in [6.45, 7) is 7.26. The highest BCUT2D eigenvalue weighted by Crippen LogP contribution is 2.23. The lowest BCUT2D eigenvalue weighted by Gasteiger charge is -2.22. The number of aromatic nitrogens is 3. The molecule has 2 rings (SSSR count). The van der Waals surface area contributed by atoms with E-state index in [9.17, 15) is 4.79 Å². The van der Waals surface area contributed by atoms with Crippen LogP contribution in [-0.4, -0.2) is 27.2 Å². The summed E-state index contributed by atoms with van der Waals surface area (Å²) in [5.74, 6) is 1.54. The standard InChI is InChI=1S/C18H26N4OS/c1-4-8-16-20-21-18(24)22(16)12-17(23)19-11-15(13(2)3)14-9-6-5-7-10-14/h5-7,9-10,13,15H,4,8,11-12H2,1-3H3,(H,19,23)(H,21,24)/t15-/m0/s1. The van der Waals surface area contributed by atoms with Gasteiger partial charge in [-0.05, 0) is 30.1 Å². The van der Waals surface area contributed by atoms with Crippen LogP contribution in [0.1, 0.15) is 44.5 Å². The normalized spacial score (nSPS) is 12.3. The number of aromatic amines is 1. The van der Waals surface area contributed by atoms with Gasteiger partial charge >= 0.3 is 0 Å². The Balaban J connectivity index is 1.99. The molecule has 0 aliphatic rings. The number of hydrogen-bond donors (Lipinski definition) is 2.